The van der Waals surface area contributed by atoms with Gasteiger partial charge in [0, 0.05) is 32.2 Å². The third-order valence-corrected chi connectivity index (χ3v) is 3.41. The summed E-state index contributed by atoms with van der Waals surface area (Å²) in [6.07, 6.45) is 5.58. The van der Waals surface area contributed by atoms with Crippen LogP contribution < -0.4 is 15.0 Å². The van der Waals surface area contributed by atoms with Crippen molar-refractivity contribution in [1.29, 1.82) is 0 Å². The molecule has 5 nitrogen and oxygen atoms in total. The van der Waals surface area contributed by atoms with Crippen LogP contribution in [0.2, 0.25) is 0 Å². The molecule has 0 spiro atoms. The Morgan fingerprint density at radius 2 is 2.06 bits per heavy atom. The minimum Gasteiger partial charge on any atom is -0.474 e. The first-order chi connectivity index (χ1) is 8.42. The maximum absolute atomic E-state index is 5.79. The Morgan fingerprint density at radius 1 is 1.24 bits per heavy atom. The fourth-order valence-electron chi connectivity index (χ4n) is 2.12. The Balaban J connectivity index is 1.68. The van der Waals surface area contributed by atoms with E-state index < -0.39 is 0 Å². The van der Waals surface area contributed by atoms with Crippen LogP contribution in [0, 0.1) is 0 Å². The number of anilines is 1. The van der Waals surface area contributed by atoms with Crippen molar-refractivity contribution in [1.82, 2.24) is 15.3 Å². The number of ether oxygens (including phenoxy) is 1. The van der Waals surface area contributed by atoms with Gasteiger partial charge in [-0.2, -0.15) is 0 Å². The van der Waals surface area contributed by atoms with Gasteiger partial charge in [-0.3, -0.25) is 0 Å². The summed E-state index contributed by atoms with van der Waals surface area (Å²) in [5, 5.41) is 3.33. The zero-order valence-electron chi connectivity index (χ0n) is 9.93. The zero-order valence-corrected chi connectivity index (χ0v) is 9.93. The van der Waals surface area contributed by atoms with Gasteiger partial charge in [0.2, 0.25) is 5.88 Å². The average Bonchev–Trinajstić information content (AvgIpc) is 2.35. The molecule has 1 saturated carbocycles. The van der Waals surface area contributed by atoms with Crippen LogP contribution in [-0.4, -0.2) is 42.3 Å². The summed E-state index contributed by atoms with van der Waals surface area (Å²) in [5.74, 6) is 1.70. The molecule has 1 aliphatic heterocycles. The Labute approximate surface area is 101 Å². The fraction of sp³-hybridized carbons (Fsp3) is 0.667. The van der Waals surface area contributed by atoms with Gasteiger partial charge < -0.3 is 15.0 Å². The van der Waals surface area contributed by atoms with Gasteiger partial charge in [0.15, 0.2) is 0 Å². The van der Waals surface area contributed by atoms with E-state index in [0.717, 1.165) is 50.7 Å². The topological polar surface area (TPSA) is 50.3 Å². The Hall–Kier alpha value is -1.36. The van der Waals surface area contributed by atoms with Crippen molar-refractivity contribution in [2.45, 2.75) is 25.4 Å². The summed E-state index contributed by atoms with van der Waals surface area (Å²) in [4.78, 5) is 10.8. The predicted octanol–water partition coefficient (Wildman–Crippen LogP) is 0.817. The van der Waals surface area contributed by atoms with Gasteiger partial charge in [0.1, 0.15) is 18.2 Å². The third-order valence-electron chi connectivity index (χ3n) is 3.41. The van der Waals surface area contributed by atoms with Crippen LogP contribution in [0.4, 0.5) is 5.82 Å². The number of nitrogens with zero attached hydrogens (tertiary/aromatic N) is 3. The Morgan fingerprint density at radius 3 is 2.76 bits per heavy atom. The van der Waals surface area contributed by atoms with E-state index in [2.05, 4.69) is 20.2 Å². The molecule has 2 fully saturated rings. The minimum atomic E-state index is 0.376. The molecule has 17 heavy (non-hydrogen) atoms. The second-order valence-corrected chi connectivity index (χ2v) is 4.62. The first-order valence-corrected chi connectivity index (χ1v) is 6.36. The summed E-state index contributed by atoms with van der Waals surface area (Å²) in [6, 6.07) is 1.96. The predicted molar refractivity (Wildman–Crippen MR) is 65.4 cm³/mol. The van der Waals surface area contributed by atoms with Crippen LogP contribution in [0.15, 0.2) is 12.4 Å². The highest BCUT2D eigenvalue weighted by Crippen LogP contribution is 2.25. The van der Waals surface area contributed by atoms with Gasteiger partial charge in [-0.05, 0) is 19.3 Å². The molecule has 0 bridgehead atoms. The number of hydrogen-bond acceptors (Lipinski definition) is 5. The van der Waals surface area contributed by atoms with Crippen molar-refractivity contribution in [3.8, 4) is 5.88 Å². The lowest BCUT2D eigenvalue weighted by Gasteiger charge is -2.29. The molecular weight excluding hydrogens is 216 g/mol. The molecule has 0 radical (unpaired) electrons. The SMILES string of the molecule is c1nc(OC2CCC2)cc(N2CCNCC2)n1. The van der Waals surface area contributed by atoms with Crippen LogP contribution in [-0.2, 0) is 0 Å². The Bertz CT molecular complexity index is 375. The molecule has 3 rings (SSSR count). The van der Waals surface area contributed by atoms with Gasteiger partial charge in [-0.25, -0.2) is 9.97 Å². The molecule has 0 aromatic carbocycles. The molecule has 1 aromatic rings. The molecule has 5 heteroatoms. The number of piperazine rings is 1. The maximum Gasteiger partial charge on any atom is 0.218 e. The van der Waals surface area contributed by atoms with Gasteiger partial charge in [0.25, 0.3) is 0 Å². The summed E-state index contributed by atoms with van der Waals surface area (Å²) < 4.78 is 5.79. The molecule has 92 valence electrons. The van der Waals surface area contributed by atoms with E-state index in [4.69, 9.17) is 4.74 Å². The standard InChI is InChI=1S/C12H18N4O/c1-2-10(3-1)17-12-8-11(14-9-15-12)16-6-4-13-5-7-16/h8-10,13H,1-7H2. The largest absolute Gasteiger partial charge is 0.474 e. The van der Waals surface area contributed by atoms with Gasteiger partial charge in [-0.15, -0.1) is 0 Å². The molecule has 1 N–H and O–H groups in total. The number of hydrogen-bond donors (Lipinski definition) is 1. The lowest BCUT2D eigenvalue weighted by molar-refractivity contribution is 0.114. The lowest BCUT2D eigenvalue weighted by atomic mass is 9.96. The van der Waals surface area contributed by atoms with E-state index in [9.17, 15) is 0 Å². The molecule has 2 aliphatic rings. The van der Waals surface area contributed by atoms with Crippen LogP contribution in [0.25, 0.3) is 0 Å². The minimum absolute atomic E-state index is 0.376. The number of rotatable bonds is 3. The maximum atomic E-state index is 5.79. The van der Waals surface area contributed by atoms with Crippen LogP contribution >= 0.6 is 0 Å². The van der Waals surface area contributed by atoms with Gasteiger partial charge >= 0.3 is 0 Å². The molecule has 1 aromatic heterocycles. The fourth-order valence-corrected chi connectivity index (χ4v) is 2.12. The second kappa shape index (κ2) is 4.87. The summed E-state index contributed by atoms with van der Waals surface area (Å²) in [5.41, 5.74) is 0. The quantitative estimate of drug-likeness (QED) is 0.839. The first kappa shape index (κ1) is 10.8. The normalized spacial score (nSPS) is 21.1. The van der Waals surface area contributed by atoms with Gasteiger partial charge in [0.05, 0.1) is 0 Å². The van der Waals surface area contributed by atoms with Crippen molar-refractivity contribution >= 4 is 5.82 Å². The van der Waals surface area contributed by atoms with Crippen molar-refractivity contribution in [3.63, 3.8) is 0 Å². The van der Waals surface area contributed by atoms with Crippen LogP contribution in [0.1, 0.15) is 19.3 Å². The first-order valence-electron chi connectivity index (χ1n) is 6.36. The molecule has 1 aliphatic carbocycles. The molecule has 0 amide bonds. The highest BCUT2D eigenvalue weighted by atomic mass is 16.5. The molecule has 0 atom stereocenters. The van der Waals surface area contributed by atoms with E-state index >= 15 is 0 Å². The molecule has 2 heterocycles. The van der Waals surface area contributed by atoms with E-state index in [1.165, 1.54) is 6.42 Å². The highest BCUT2D eigenvalue weighted by Gasteiger charge is 2.20. The molecular formula is C12H18N4O. The average molecular weight is 234 g/mol. The summed E-state index contributed by atoms with van der Waals surface area (Å²) >= 11 is 0. The van der Waals surface area contributed by atoms with E-state index in [0.29, 0.717) is 6.10 Å². The van der Waals surface area contributed by atoms with E-state index in [1.54, 1.807) is 6.33 Å². The summed E-state index contributed by atoms with van der Waals surface area (Å²) in [7, 11) is 0. The monoisotopic (exact) mass is 234 g/mol. The number of nitrogens with one attached hydrogen (secondary N) is 1. The van der Waals surface area contributed by atoms with Crippen molar-refractivity contribution in [3.05, 3.63) is 12.4 Å². The lowest BCUT2D eigenvalue weighted by Crippen LogP contribution is -2.43. The van der Waals surface area contributed by atoms with Crippen molar-refractivity contribution in [2.75, 3.05) is 31.1 Å². The highest BCUT2D eigenvalue weighted by molar-refractivity contribution is 5.41. The van der Waals surface area contributed by atoms with Crippen LogP contribution in [0.3, 0.4) is 0 Å². The van der Waals surface area contributed by atoms with Crippen LogP contribution in [0.5, 0.6) is 5.88 Å². The third kappa shape index (κ3) is 2.49. The smallest absolute Gasteiger partial charge is 0.218 e. The van der Waals surface area contributed by atoms with Gasteiger partial charge in [-0.1, -0.05) is 0 Å². The number of aromatic nitrogens is 2. The second-order valence-electron chi connectivity index (χ2n) is 4.62. The van der Waals surface area contributed by atoms with Crippen molar-refractivity contribution < 1.29 is 4.74 Å². The molecule has 1 saturated heterocycles. The van der Waals surface area contributed by atoms with E-state index in [-0.39, 0.29) is 0 Å². The summed E-state index contributed by atoms with van der Waals surface area (Å²) in [6.45, 7) is 4.03. The molecule has 0 unspecified atom stereocenters. The van der Waals surface area contributed by atoms with E-state index in [1.807, 2.05) is 6.07 Å². The zero-order chi connectivity index (χ0) is 11.5. The van der Waals surface area contributed by atoms with Crippen molar-refractivity contribution in [2.24, 2.45) is 0 Å². The Kier molecular flexibility index (Phi) is 3.09.